The maximum absolute atomic E-state index is 11.0. The Balaban J connectivity index is 2.07. The number of halogens is 1. The summed E-state index contributed by atoms with van der Waals surface area (Å²) in [6.07, 6.45) is 2.84. The summed E-state index contributed by atoms with van der Waals surface area (Å²) in [5.41, 5.74) is 1.14. The molecule has 0 aromatic carbocycles. The molecule has 0 spiro atoms. The topological polar surface area (TPSA) is 45.2 Å². The first-order chi connectivity index (χ1) is 8.06. The Morgan fingerprint density at radius 1 is 1.65 bits per heavy atom. The number of rotatable bonds is 2. The van der Waals surface area contributed by atoms with Crippen molar-refractivity contribution in [1.82, 2.24) is 10.3 Å². The Morgan fingerprint density at radius 2 is 2.41 bits per heavy atom. The van der Waals surface area contributed by atoms with Crippen LogP contribution in [0.3, 0.4) is 0 Å². The third-order valence-corrected chi connectivity index (χ3v) is 3.44. The summed E-state index contributed by atoms with van der Waals surface area (Å²) in [5.74, 6) is 0.997. The van der Waals surface area contributed by atoms with E-state index in [4.69, 9.17) is 0 Å². The predicted molar refractivity (Wildman–Crippen MR) is 71.1 cm³/mol. The standard InChI is InChI=1S/C12H16BrN3O/c1-8-5-11(13)12(14-6-8)16-4-3-10(7-16)15-9(2)17/h5-6,10H,3-4,7H2,1-2H3,(H,15,17). The molecule has 2 rings (SSSR count). The predicted octanol–water partition coefficient (Wildman–Crippen LogP) is 1.87. The van der Waals surface area contributed by atoms with Gasteiger partial charge in [-0.25, -0.2) is 4.98 Å². The molecule has 0 aliphatic carbocycles. The molecular formula is C12H16BrN3O. The van der Waals surface area contributed by atoms with E-state index in [1.54, 1.807) is 6.92 Å². The highest BCUT2D eigenvalue weighted by atomic mass is 79.9. The van der Waals surface area contributed by atoms with Gasteiger partial charge in [-0.15, -0.1) is 0 Å². The van der Waals surface area contributed by atoms with Crippen molar-refractivity contribution in [2.24, 2.45) is 0 Å². The smallest absolute Gasteiger partial charge is 0.217 e. The number of hydrogen-bond donors (Lipinski definition) is 1. The number of hydrogen-bond acceptors (Lipinski definition) is 3. The number of carbonyl (C=O) groups is 1. The van der Waals surface area contributed by atoms with E-state index >= 15 is 0 Å². The second kappa shape index (κ2) is 5.04. The third kappa shape index (κ3) is 2.97. The van der Waals surface area contributed by atoms with Crippen LogP contribution in [0.25, 0.3) is 0 Å². The fraction of sp³-hybridized carbons (Fsp3) is 0.500. The van der Waals surface area contributed by atoms with E-state index in [-0.39, 0.29) is 11.9 Å². The summed E-state index contributed by atoms with van der Waals surface area (Å²) < 4.78 is 1.01. The van der Waals surface area contributed by atoms with Crippen LogP contribution in [0.2, 0.25) is 0 Å². The molecule has 1 aromatic rings. The molecule has 1 atom stereocenters. The average molecular weight is 298 g/mol. The number of anilines is 1. The molecule has 1 fully saturated rings. The summed E-state index contributed by atoms with van der Waals surface area (Å²) >= 11 is 3.54. The molecule has 17 heavy (non-hydrogen) atoms. The number of carbonyl (C=O) groups excluding carboxylic acids is 1. The zero-order valence-corrected chi connectivity index (χ0v) is 11.6. The molecule has 1 saturated heterocycles. The first-order valence-electron chi connectivity index (χ1n) is 5.70. The fourth-order valence-corrected chi connectivity index (χ4v) is 2.83. The van der Waals surface area contributed by atoms with E-state index in [9.17, 15) is 4.79 Å². The van der Waals surface area contributed by atoms with Gasteiger partial charge >= 0.3 is 0 Å². The van der Waals surface area contributed by atoms with Crippen LogP contribution in [0.4, 0.5) is 5.82 Å². The maximum Gasteiger partial charge on any atom is 0.217 e. The maximum atomic E-state index is 11.0. The number of pyridine rings is 1. The summed E-state index contributed by atoms with van der Waals surface area (Å²) in [6, 6.07) is 2.30. The summed E-state index contributed by atoms with van der Waals surface area (Å²) in [5, 5.41) is 2.95. The van der Waals surface area contributed by atoms with Crippen molar-refractivity contribution >= 4 is 27.7 Å². The van der Waals surface area contributed by atoms with Crippen LogP contribution < -0.4 is 10.2 Å². The molecule has 0 radical (unpaired) electrons. The van der Waals surface area contributed by atoms with E-state index < -0.39 is 0 Å². The Hall–Kier alpha value is -1.10. The van der Waals surface area contributed by atoms with Crippen molar-refractivity contribution < 1.29 is 4.79 Å². The molecule has 1 aromatic heterocycles. The van der Waals surface area contributed by atoms with Gasteiger partial charge in [-0.1, -0.05) is 0 Å². The minimum atomic E-state index is 0.0350. The molecule has 1 aliphatic heterocycles. The van der Waals surface area contributed by atoms with E-state index in [1.807, 2.05) is 13.1 Å². The summed E-state index contributed by atoms with van der Waals surface area (Å²) in [7, 11) is 0. The van der Waals surface area contributed by atoms with Crippen LogP contribution >= 0.6 is 15.9 Å². The number of nitrogens with zero attached hydrogens (tertiary/aromatic N) is 2. The molecule has 1 N–H and O–H groups in total. The molecule has 1 aliphatic rings. The molecule has 0 saturated carbocycles. The fourth-order valence-electron chi connectivity index (χ4n) is 2.12. The van der Waals surface area contributed by atoms with E-state index in [2.05, 4.69) is 37.2 Å². The van der Waals surface area contributed by atoms with Crippen LogP contribution in [0, 0.1) is 6.92 Å². The zero-order chi connectivity index (χ0) is 12.4. The van der Waals surface area contributed by atoms with Gasteiger partial charge in [-0.2, -0.15) is 0 Å². The van der Waals surface area contributed by atoms with Gasteiger partial charge in [0.25, 0.3) is 0 Å². The molecule has 5 heteroatoms. The Bertz CT molecular complexity index is 436. The quantitative estimate of drug-likeness (QED) is 0.906. The molecular weight excluding hydrogens is 282 g/mol. The highest BCUT2D eigenvalue weighted by molar-refractivity contribution is 9.10. The first kappa shape index (κ1) is 12.4. The lowest BCUT2D eigenvalue weighted by atomic mass is 10.2. The van der Waals surface area contributed by atoms with E-state index in [0.717, 1.165) is 35.4 Å². The van der Waals surface area contributed by atoms with Gasteiger partial charge in [0.05, 0.1) is 4.47 Å². The van der Waals surface area contributed by atoms with Gasteiger partial charge in [0.2, 0.25) is 5.91 Å². The molecule has 2 heterocycles. The van der Waals surface area contributed by atoms with Gasteiger partial charge in [0.1, 0.15) is 5.82 Å². The van der Waals surface area contributed by atoms with Crippen molar-refractivity contribution in [2.75, 3.05) is 18.0 Å². The zero-order valence-electron chi connectivity index (χ0n) is 10.0. The highest BCUT2D eigenvalue weighted by Crippen LogP contribution is 2.27. The number of aromatic nitrogens is 1. The molecule has 1 unspecified atom stereocenters. The van der Waals surface area contributed by atoms with Gasteiger partial charge in [-0.05, 0) is 40.9 Å². The largest absolute Gasteiger partial charge is 0.354 e. The van der Waals surface area contributed by atoms with Crippen molar-refractivity contribution in [1.29, 1.82) is 0 Å². The molecule has 1 amide bonds. The van der Waals surface area contributed by atoms with Crippen molar-refractivity contribution in [3.05, 3.63) is 22.3 Å². The lowest BCUT2D eigenvalue weighted by Gasteiger charge is -2.19. The minimum Gasteiger partial charge on any atom is -0.354 e. The Morgan fingerprint density at radius 3 is 3.06 bits per heavy atom. The number of amides is 1. The number of aryl methyl sites for hydroxylation is 1. The van der Waals surface area contributed by atoms with Gasteiger partial charge < -0.3 is 10.2 Å². The van der Waals surface area contributed by atoms with Crippen LogP contribution in [-0.4, -0.2) is 30.0 Å². The Kier molecular flexibility index (Phi) is 3.66. The van der Waals surface area contributed by atoms with Crippen LogP contribution in [0.5, 0.6) is 0 Å². The Labute approximate surface area is 110 Å². The van der Waals surface area contributed by atoms with E-state index in [1.165, 1.54) is 0 Å². The van der Waals surface area contributed by atoms with Crippen molar-refractivity contribution in [3.8, 4) is 0 Å². The molecule has 4 nitrogen and oxygen atoms in total. The average Bonchev–Trinajstić information content (AvgIpc) is 2.65. The third-order valence-electron chi connectivity index (χ3n) is 2.85. The van der Waals surface area contributed by atoms with Gasteiger partial charge in [0, 0.05) is 32.3 Å². The summed E-state index contributed by atoms with van der Waals surface area (Å²) in [4.78, 5) is 17.6. The SMILES string of the molecule is CC(=O)NC1CCN(c2ncc(C)cc2Br)C1. The van der Waals surface area contributed by atoms with Gasteiger partial charge in [-0.3, -0.25) is 4.79 Å². The second-order valence-electron chi connectivity index (χ2n) is 4.45. The monoisotopic (exact) mass is 297 g/mol. The van der Waals surface area contributed by atoms with E-state index in [0.29, 0.717) is 0 Å². The lowest BCUT2D eigenvalue weighted by molar-refractivity contribution is -0.119. The molecule has 0 bridgehead atoms. The minimum absolute atomic E-state index is 0.0350. The number of nitrogens with one attached hydrogen (secondary N) is 1. The highest BCUT2D eigenvalue weighted by Gasteiger charge is 2.25. The summed E-state index contributed by atoms with van der Waals surface area (Å²) in [6.45, 7) is 5.34. The normalized spacial score (nSPS) is 19.5. The van der Waals surface area contributed by atoms with Crippen LogP contribution in [0.1, 0.15) is 18.9 Å². The first-order valence-corrected chi connectivity index (χ1v) is 6.50. The second-order valence-corrected chi connectivity index (χ2v) is 5.30. The van der Waals surface area contributed by atoms with Crippen molar-refractivity contribution in [3.63, 3.8) is 0 Å². The molecule has 92 valence electrons. The van der Waals surface area contributed by atoms with Crippen molar-refractivity contribution in [2.45, 2.75) is 26.3 Å². The van der Waals surface area contributed by atoms with Crippen LogP contribution in [0.15, 0.2) is 16.7 Å². The van der Waals surface area contributed by atoms with Crippen LogP contribution in [-0.2, 0) is 4.79 Å². The lowest BCUT2D eigenvalue weighted by Crippen LogP contribution is -2.35. The van der Waals surface area contributed by atoms with Gasteiger partial charge in [0.15, 0.2) is 0 Å².